The van der Waals surface area contributed by atoms with Gasteiger partial charge in [-0.2, -0.15) is 0 Å². The lowest BCUT2D eigenvalue weighted by Crippen LogP contribution is -2.22. The molecule has 0 heterocycles. The Morgan fingerprint density at radius 1 is 1.54 bits per heavy atom. The van der Waals surface area contributed by atoms with Crippen LogP contribution in [0.25, 0.3) is 0 Å². The molecule has 0 aromatic heterocycles. The van der Waals surface area contributed by atoms with Crippen LogP contribution in [-0.2, 0) is 0 Å². The van der Waals surface area contributed by atoms with E-state index in [1.54, 1.807) is 13.0 Å². The lowest BCUT2D eigenvalue weighted by atomic mass is 10.0. The summed E-state index contributed by atoms with van der Waals surface area (Å²) in [5, 5.41) is 0.408. The van der Waals surface area contributed by atoms with Gasteiger partial charge in [-0.05, 0) is 18.6 Å². The number of rotatable bonds is 2. The summed E-state index contributed by atoms with van der Waals surface area (Å²) < 4.78 is 13.2. The minimum absolute atomic E-state index is 0.220. The second-order valence-electron chi connectivity index (χ2n) is 2.97. The Hall–Kier alpha value is -0.640. The SMILES string of the molecule is Cc1cc([C@H](N)CN)c(F)cc1Cl. The molecule has 0 aliphatic heterocycles. The third kappa shape index (κ3) is 2.18. The van der Waals surface area contributed by atoms with Gasteiger partial charge in [0.25, 0.3) is 0 Å². The molecular formula is C9H12ClFN2. The maximum Gasteiger partial charge on any atom is 0.129 e. The lowest BCUT2D eigenvalue weighted by molar-refractivity contribution is 0.583. The normalized spacial score (nSPS) is 13.0. The van der Waals surface area contributed by atoms with Crippen LogP contribution in [0, 0.1) is 12.7 Å². The van der Waals surface area contributed by atoms with Gasteiger partial charge in [-0.25, -0.2) is 4.39 Å². The Kier molecular flexibility index (Phi) is 3.25. The summed E-state index contributed by atoms with van der Waals surface area (Å²) >= 11 is 5.72. The third-order valence-corrected chi connectivity index (χ3v) is 2.34. The fourth-order valence-corrected chi connectivity index (χ4v) is 1.24. The van der Waals surface area contributed by atoms with Gasteiger partial charge >= 0.3 is 0 Å². The molecule has 0 aliphatic carbocycles. The van der Waals surface area contributed by atoms with Crippen LogP contribution in [0.2, 0.25) is 5.02 Å². The first-order chi connectivity index (χ1) is 6.06. The number of hydrogen-bond donors (Lipinski definition) is 2. The maximum absolute atomic E-state index is 13.2. The Labute approximate surface area is 81.7 Å². The van der Waals surface area contributed by atoms with Crippen LogP contribution < -0.4 is 11.5 Å². The van der Waals surface area contributed by atoms with Gasteiger partial charge in [0.2, 0.25) is 0 Å². The molecule has 1 aromatic carbocycles. The van der Waals surface area contributed by atoms with E-state index in [2.05, 4.69) is 0 Å². The second-order valence-corrected chi connectivity index (χ2v) is 3.37. The van der Waals surface area contributed by atoms with Crippen LogP contribution in [0.3, 0.4) is 0 Å². The summed E-state index contributed by atoms with van der Waals surface area (Å²) in [6.45, 7) is 2.02. The fraction of sp³-hybridized carbons (Fsp3) is 0.333. The van der Waals surface area contributed by atoms with Gasteiger partial charge in [0.15, 0.2) is 0 Å². The Morgan fingerprint density at radius 3 is 2.69 bits per heavy atom. The zero-order valence-corrected chi connectivity index (χ0v) is 8.11. The highest BCUT2D eigenvalue weighted by molar-refractivity contribution is 6.31. The number of nitrogens with two attached hydrogens (primary N) is 2. The topological polar surface area (TPSA) is 52.0 Å². The van der Waals surface area contributed by atoms with E-state index in [0.29, 0.717) is 10.6 Å². The van der Waals surface area contributed by atoms with Crippen molar-refractivity contribution in [2.75, 3.05) is 6.54 Å². The third-order valence-electron chi connectivity index (χ3n) is 1.93. The van der Waals surface area contributed by atoms with Crippen LogP contribution in [0.5, 0.6) is 0 Å². The molecule has 0 fully saturated rings. The number of halogens is 2. The molecule has 0 unspecified atom stereocenters. The first kappa shape index (κ1) is 10.4. The van der Waals surface area contributed by atoms with Crippen LogP contribution in [0.4, 0.5) is 4.39 Å². The van der Waals surface area contributed by atoms with E-state index in [0.717, 1.165) is 5.56 Å². The molecule has 0 spiro atoms. The monoisotopic (exact) mass is 202 g/mol. The van der Waals surface area contributed by atoms with Gasteiger partial charge in [0.1, 0.15) is 5.82 Å². The molecule has 0 amide bonds. The predicted octanol–water partition coefficient (Wildman–Crippen LogP) is 1.75. The highest BCUT2D eigenvalue weighted by Crippen LogP contribution is 2.22. The molecule has 4 heteroatoms. The molecule has 72 valence electrons. The molecule has 0 saturated carbocycles. The van der Waals surface area contributed by atoms with Gasteiger partial charge < -0.3 is 11.5 Å². The minimum Gasteiger partial charge on any atom is -0.329 e. The van der Waals surface area contributed by atoms with Crippen LogP contribution in [0.15, 0.2) is 12.1 Å². The van der Waals surface area contributed by atoms with Crippen molar-refractivity contribution in [2.24, 2.45) is 11.5 Å². The largest absolute Gasteiger partial charge is 0.329 e. The van der Waals surface area contributed by atoms with E-state index in [1.807, 2.05) is 0 Å². The van der Waals surface area contributed by atoms with E-state index in [9.17, 15) is 4.39 Å². The number of hydrogen-bond acceptors (Lipinski definition) is 2. The zero-order chi connectivity index (χ0) is 10.0. The standard InChI is InChI=1S/C9H12ClFN2/c1-5-2-6(9(13)4-12)8(11)3-7(5)10/h2-3,9H,4,12-13H2,1H3/t9-/m1/s1. The van der Waals surface area contributed by atoms with E-state index in [1.165, 1.54) is 6.07 Å². The molecule has 0 saturated heterocycles. The first-order valence-corrected chi connectivity index (χ1v) is 4.35. The van der Waals surface area contributed by atoms with E-state index >= 15 is 0 Å². The van der Waals surface area contributed by atoms with Crippen molar-refractivity contribution in [1.82, 2.24) is 0 Å². The molecular weight excluding hydrogens is 191 g/mol. The average Bonchev–Trinajstić information content (AvgIpc) is 2.10. The van der Waals surface area contributed by atoms with Crippen LogP contribution >= 0.6 is 11.6 Å². The maximum atomic E-state index is 13.2. The van der Waals surface area contributed by atoms with Crippen molar-refractivity contribution in [2.45, 2.75) is 13.0 Å². The fourth-order valence-electron chi connectivity index (χ4n) is 1.09. The van der Waals surface area contributed by atoms with Crippen molar-refractivity contribution in [3.8, 4) is 0 Å². The quantitative estimate of drug-likeness (QED) is 0.768. The van der Waals surface area contributed by atoms with E-state index in [-0.39, 0.29) is 6.54 Å². The molecule has 2 nitrogen and oxygen atoms in total. The number of benzene rings is 1. The zero-order valence-electron chi connectivity index (χ0n) is 7.35. The summed E-state index contributed by atoms with van der Waals surface area (Å²) in [6.07, 6.45) is 0. The molecule has 0 radical (unpaired) electrons. The summed E-state index contributed by atoms with van der Waals surface area (Å²) in [6, 6.07) is 2.44. The van der Waals surface area contributed by atoms with Crippen molar-refractivity contribution in [3.05, 3.63) is 34.1 Å². The Balaban J connectivity index is 3.15. The van der Waals surface area contributed by atoms with Crippen LogP contribution in [0.1, 0.15) is 17.2 Å². The lowest BCUT2D eigenvalue weighted by Gasteiger charge is -2.11. The Bertz CT molecular complexity index is 315. The van der Waals surface area contributed by atoms with Gasteiger partial charge in [0.05, 0.1) is 0 Å². The molecule has 1 atom stereocenters. The highest BCUT2D eigenvalue weighted by atomic mass is 35.5. The summed E-state index contributed by atoms with van der Waals surface area (Å²) in [7, 11) is 0. The van der Waals surface area contributed by atoms with Gasteiger partial charge in [-0.3, -0.25) is 0 Å². The molecule has 1 aromatic rings. The first-order valence-electron chi connectivity index (χ1n) is 3.97. The predicted molar refractivity (Wildman–Crippen MR) is 52.1 cm³/mol. The minimum atomic E-state index is -0.462. The van der Waals surface area contributed by atoms with Crippen molar-refractivity contribution in [1.29, 1.82) is 0 Å². The molecule has 0 aliphatic rings. The van der Waals surface area contributed by atoms with E-state index in [4.69, 9.17) is 23.1 Å². The van der Waals surface area contributed by atoms with Crippen LogP contribution in [-0.4, -0.2) is 6.54 Å². The van der Waals surface area contributed by atoms with Crippen molar-refractivity contribution >= 4 is 11.6 Å². The molecule has 13 heavy (non-hydrogen) atoms. The Morgan fingerprint density at radius 2 is 2.15 bits per heavy atom. The highest BCUT2D eigenvalue weighted by Gasteiger charge is 2.11. The molecule has 0 bridgehead atoms. The van der Waals surface area contributed by atoms with Gasteiger partial charge in [0, 0.05) is 23.2 Å². The van der Waals surface area contributed by atoms with Gasteiger partial charge in [-0.15, -0.1) is 0 Å². The van der Waals surface area contributed by atoms with E-state index < -0.39 is 11.9 Å². The summed E-state index contributed by atoms with van der Waals surface area (Å²) in [5.74, 6) is -0.395. The molecule has 4 N–H and O–H groups in total. The second kappa shape index (κ2) is 4.05. The molecule has 1 rings (SSSR count). The summed E-state index contributed by atoms with van der Waals surface area (Å²) in [5.41, 5.74) is 12.2. The number of aryl methyl sites for hydroxylation is 1. The van der Waals surface area contributed by atoms with Crippen molar-refractivity contribution < 1.29 is 4.39 Å². The average molecular weight is 203 g/mol. The van der Waals surface area contributed by atoms with Gasteiger partial charge in [-0.1, -0.05) is 17.7 Å². The summed E-state index contributed by atoms with van der Waals surface area (Å²) in [4.78, 5) is 0. The van der Waals surface area contributed by atoms with Crippen molar-refractivity contribution in [3.63, 3.8) is 0 Å². The smallest absolute Gasteiger partial charge is 0.129 e.